The Balaban J connectivity index is 1.39. The Morgan fingerprint density at radius 1 is 1.24 bits per heavy atom. The van der Waals surface area contributed by atoms with E-state index in [1.807, 2.05) is 17.5 Å². The summed E-state index contributed by atoms with van der Waals surface area (Å²) in [5, 5.41) is 8.73. The van der Waals surface area contributed by atoms with Crippen LogP contribution in [0.15, 0.2) is 53.8 Å². The van der Waals surface area contributed by atoms with Gasteiger partial charge in [0.1, 0.15) is 5.82 Å². The number of anilines is 1. The molecule has 0 bridgehead atoms. The molecule has 2 aliphatic rings. The van der Waals surface area contributed by atoms with Gasteiger partial charge in [0, 0.05) is 30.5 Å². The summed E-state index contributed by atoms with van der Waals surface area (Å²) >= 11 is 1.63. The number of nitrogens with zero attached hydrogens (tertiary/aromatic N) is 2. The fraction of sp³-hybridized carbons (Fsp3) is 0.316. The summed E-state index contributed by atoms with van der Waals surface area (Å²) in [5.41, 5.74) is 3.76. The van der Waals surface area contributed by atoms with Crippen molar-refractivity contribution in [2.45, 2.75) is 19.3 Å². The molecule has 1 aromatic heterocycles. The lowest BCUT2D eigenvalue weighted by Crippen LogP contribution is -2.34. The predicted octanol–water partition coefficient (Wildman–Crippen LogP) is 4.47. The van der Waals surface area contributed by atoms with Gasteiger partial charge in [-0.2, -0.15) is 5.10 Å². The van der Waals surface area contributed by atoms with Crippen molar-refractivity contribution in [2.75, 3.05) is 18.0 Å². The Bertz CT molecular complexity index is 777. The van der Waals surface area contributed by atoms with Crippen molar-refractivity contribution < 1.29 is 4.39 Å². The maximum absolute atomic E-state index is 14.6. The van der Waals surface area contributed by atoms with E-state index in [1.54, 1.807) is 30.4 Å². The molecule has 0 atom stereocenters. The first-order valence-corrected chi connectivity index (χ1v) is 9.48. The normalized spacial score (nSPS) is 18.1. The van der Waals surface area contributed by atoms with E-state index < -0.39 is 0 Å². The van der Waals surface area contributed by atoms with Gasteiger partial charge in [-0.1, -0.05) is 12.1 Å². The van der Waals surface area contributed by atoms with Gasteiger partial charge >= 0.3 is 0 Å². The molecule has 0 aliphatic carbocycles. The molecule has 1 fully saturated rings. The van der Waals surface area contributed by atoms with Gasteiger partial charge in [0.2, 0.25) is 0 Å². The minimum absolute atomic E-state index is 0.157. The second kappa shape index (κ2) is 7.35. The smallest absolute Gasteiger partial charge is 0.147 e. The second-order valence-corrected chi connectivity index (χ2v) is 7.24. The highest BCUT2D eigenvalue weighted by Crippen LogP contribution is 2.31. The van der Waals surface area contributed by atoms with Crippen molar-refractivity contribution >= 4 is 17.6 Å². The van der Waals surface area contributed by atoms with Gasteiger partial charge in [-0.3, -0.25) is 5.10 Å². The van der Waals surface area contributed by atoms with Crippen LogP contribution in [0.25, 0.3) is 11.1 Å². The summed E-state index contributed by atoms with van der Waals surface area (Å²) in [6, 6.07) is 5.47. The van der Waals surface area contributed by atoms with Gasteiger partial charge < -0.3 is 9.62 Å². The minimum atomic E-state index is -0.157. The Hall–Kier alpha value is -2.21. The van der Waals surface area contributed by atoms with Crippen LogP contribution in [0.1, 0.15) is 19.3 Å². The van der Waals surface area contributed by atoms with Gasteiger partial charge in [0.05, 0.1) is 11.9 Å². The lowest BCUT2D eigenvalue weighted by atomic mass is 9.91. The van der Waals surface area contributed by atoms with E-state index in [-0.39, 0.29) is 5.82 Å². The molecule has 2 N–H and O–H groups in total. The molecule has 1 saturated heterocycles. The summed E-state index contributed by atoms with van der Waals surface area (Å²) < 4.78 is 17.9. The number of H-pyrrole nitrogens is 1. The van der Waals surface area contributed by atoms with Crippen LogP contribution in [0.4, 0.5) is 10.1 Å². The monoisotopic (exact) mass is 356 g/mol. The molecule has 0 radical (unpaired) electrons. The molecule has 6 heteroatoms. The predicted molar refractivity (Wildman–Crippen MR) is 101 cm³/mol. The summed E-state index contributed by atoms with van der Waals surface area (Å²) in [7, 11) is 0. The van der Waals surface area contributed by atoms with E-state index in [1.165, 1.54) is 5.70 Å². The Labute approximate surface area is 151 Å². The van der Waals surface area contributed by atoms with Crippen LogP contribution in [0.5, 0.6) is 0 Å². The second-order valence-electron chi connectivity index (χ2n) is 6.53. The number of rotatable bonds is 4. The summed E-state index contributed by atoms with van der Waals surface area (Å²) in [6.45, 7) is 1.81. The van der Waals surface area contributed by atoms with Crippen molar-refractivity contribution in [2.24, 2.45) is 5.92 Å². The lowest BCUT2D eigenvalue weighted by molar-refractivity contribution is 0.397. The zero-order chi connectivity index (χ0) is 17.1. The van der Waals surface area contributed by atoms with E-state index in [0.717, 1.165) is 43.5 Å². The first-order valence-electron chi connectivity index (χ1n) is 8.60. The van der Waals surface area contributed by atoms with Crippen LogP contribution in [0, 0.1) is 11.7 Å². The molecule has 4 nitrogen and oxygen atoms in total. The summed E-state index contributed by atoms with van der Waals surface area (Å²) in [5.74, 6) is 0.505. The quantitative estimate of drug-likeness (QED) is 0.793. The highest BCUT2D eigenvalue weighted by molar-refractivity contribution is 8.00. The fourth-order valence-electron chi connectivity index (χ4n) is 3.49. The van der Waals surface area contributed by atoms with Crippen LogP contribution in [0.2, 0.25) is 0 Å². The number of hydrogen-bond acceptors (Lipinski definition) is 4. The van der Waals surface area contributed by atoms with E-state index in [4.69, 9.17) is 0 Å². The zero-order valence-corrected chi connectivity index (χ0v) is 14.7. The van der Waals surface area contributed by atoms with E-state index in [0.29, 0.717) is 11.6 Å². The number of aromatic amines is 1. The SMILES string of the molecule is Fc1cc(-c2cn[nH]c2)ccc1N1CCC(CC2=CC=CSN2)CC1. The number of allylic oxidation sites excluding steroid dienone is 3. The average Bonchev–Trinajstić information content (AvgIpc) is 3.18. The van der Waals surface area contributed by atoms with E-state index in [2.05, 4.69) is 32.0 Å². The maximum Gasteiger partial charge on any atom is 0.147 e. The minimum Gasteiger partial charge on any atom is -0.369 e. The van der Waals surface area contributed by atoms with Gasteiger partial charge in [-0.25, -0.2) is 4.39 Å². The molecule has 0 saturated carbocycles. The zero-order valence-electron chi connectivity index (χ0n) is 13.9. The van der Waals surface area contributed by atoms with Crippen molar-refractivity contribution in [3.63, 3.8) is 0 Å². The molecule has 0 amide bonds. The van der Waals surface area contributed by atoms with Crippen molar-refractivity contribution in [3.8, 4) is 11.1 Å². The first-order chi connectivity index (χ1) is 12.3. The molecule has 2 aliphatic heterocycles. The van der Waals surface area contributed by atoms with E-state index >= 15 is 0 Å². The third kappa shape index (κ3) is 3.74. The number of halogens is 1. The number of nitrogens with one attached hydrogen (secondary N) is 2. The molecular formula is C19H21FN4S. The molecule has 2 aromatic rings. The van der Waals surface area contributed by atoms with Crippen LogP contribution in [0.3, 0.4) is 0 Å². The molecule has 3 heterocycles. The van der Waals surface area contributed by atoms with Gasteiger partial charge in [-0.15, -0.1) is 0 Å². The Morgan fingerprint density at radius 2 is 2.12 bits per heavy atom. The average molecular weight is 356 g/mol. The third-order valence-corrected chi connectivity index (χ3v) is 5.55. The number of hydrogen-bond donors (Lipinski definition) is 2. The van der Waals surface area contributed by atoms with Crippen LogP contribution < -0.4 is 9.62 Å². The lowest BCUT2D eigenvalue weighted by Gasteiger charge is -2.34. The molecule has 0 spiro atoms. The molecule has 1 aromatic carbocycles. The van der Waals surface area contributed by atoms with Gasteiger partial charge in [-0.05, 0) is 66.3 Å². The standard InChI is InChI=1S/C19H21FN4S/c20-18-11-15(16-12-21-22-13-16)3-4-19(18)24-7-5-14(6-8-24)10-17-2-1-9-25-23-17/h1-4,9,11-14,23H,5-8,10H2,(H,21,22). The van der Waals surface area contributed by atoms with Gasteiger partial charge in [0.15, 0.2) is 0 Å². The molecular weight excluding hydrogens is 335 g/mol. The number of piperidine rings is 1. The van der Waals surface area contributed by atoms with Crippen molar-refractivity contribution in [1.29, 1.82) is 0 Å². The highest BCUT2D eigenvalue weighted by Gasteiger charge is 2.22. The number of aromatic nitrogens is 2. The van der Waals surface area contributed by atoms with Gasteiger partial charge in [0.25, 0.3) is 0 Å². The Kier molecular flexibility index (Phi) is 4.78. The Morgan fingerprint density at radius 3 is 2.80 bits per heavy atom. The maximum atomic E-state index is 14.6. The van der Waals surface area contributed by atoms with Crippen molar-refractivity contribution in [1.82, 2.24) is 14.9 Å². The first kappa shape index (κ1) is 16.3. The highest BCUT2D eigenvalue weighted by atomic mass is 32.2. The molecule has 25 heavy (non-hydrogen) atoms. The summed E-state index contributed by atoms with van der Waals surface area (Å²) in [6.07, 6.45) is 11.0. The van der Waals surface area contributed by atoms with Crippen LogP contribution >= 0.6 is 11.9 Å². The number of benzene rings is 1. The van der Waals surface area contributed by atoms with Crippen molar-refractivity contribution in [3.05, 3.63) is 59.7 Å². The molecule has 0 unspecified atom stereocenters. The topological polar surface area (TPSA) is 44.0 Å². The third-order valence-electron chi connectivity index (χ3n) is 4.88. The van der Waals surface area contributed by atoms with Crippen LogP contribution in [-0.2, 0) is 0 Å². The van der Waals surface area contributed by atoms with E-state index in [9.17, 15) is 4.39 Å². The van der Waals surface area contributed by atoms with Crippen LogP contribution in [-0.4, -0.2) is 23.3 Å². The largest absolute Gasteiger partial charge is 0.369 e. The molecule has 4 rings (SSSR count). The fourth-order valence-corrected chi connectivity index (χ4v) is 4.02. The molecule has 130 valence electrons. The summed E-state index contributed by atoms with van der Waals surface area (Å²) in [4.78, 5) is 2.17.